The van der Waals surface area contributed by atoms with Crippen LogP contribution in [0.15, 0.2) is 55.8 Å². The van der Waals surface area contributed by atoms with Crippen LogP contribution in [0.5, 0.6) is 5.75 Å². The average molecular weight is 547 g/mol. The number of carbonyl (C=O) groups excluding carboxylic acids is 1. The van der Waals surface area contributed by atoms with Crippen molar-refractivity contribution in [2.24, 2.45) is 0 Å². The molecule has 2 atom stereocenters. The first-order chi connectivity index (χ1) is 18.2. The van der Waals surface area contributed by atoms with Gasteiger partial charge in [-0.1, -0.05) is 5.57 Å². The van der Waals surface area contributed by atoms with Gasteiger partial charge in [0.25, 0.3) is 0 Å². The summed E-state index contributed by atoms with van der Waals surface area (Å²) in [6, 6.07) is 6.23. The van der Waals surface area contributed by atoms with E-state index in [2.05, 4.69) is 0 Å². The lowest BCUT2D eigenvalue weighted by molar-refractivity contribution is -0.178. The molecule has 0 unspecified atom stereocenters. The average Bonchev–Trinajstić information content (AvgIpc) is 3.28. The minimum absolute atomic E-state index is 0.137. The van der Waals surface area contributed by atoms with Gasteiger partial charge in [0.1, 0.15) is 29.6 Å². The number of hydrogen-bond donors (Lipinski definition) is 4. The van der Waals surface area contributed by atoms with E-state index < -0.39 is 53.7 Å². The zero-order chi connectivity index (χ0) is 29.0. The van der Waals surface area contributed by atoms with Crippen molar-refractivity contribution in [2.45, 2.75) is 63.8 Å². The maximum atomic E-state index is 12.4. The Morgan fingerprint density at radius 3 is 2.38 bits per heavy atom. The highest BCUT2D eigenvalue weighted by molar-refractivity contribution is 6.01. The van der Waals surface area contributed by atoms with Crippen LogP contribution in [0.1, 0.15) is 46.5 Å². The van der Waals surface area contributed by atoms with Crippen molar-refractivity contribution in [1.29, 1.82) is 0 Å². The number of carboxylic acids is 2. The summed E-state index contributed by atoms with van der Waals surface area (Å²) in [5, 5.41) is 39.9. The molecule has 12 heteroatoms. The lowest BCUT2D eigenvalue weighted by Crippen LogP contribution is -2.45. The van der Waals surface area contributed by atoms with Crippen LogP contribution in [0.25, 0.3) is 21.9 Å². The minimum atomic E-state index is -2.84. The monoisotopic (exact) mass is 546 g/mol. The molecular formula is C27H30O12. The van der Waals surface area contributed by atoms with E-state index in [1.807, 2.05) is 0 Å². The zero-order valence-corrected chi connectivity index (χ0v) is 21.6. The van der Waals surface area contributed by atoms with Gasteiger partial charge in [-0.2, -0.15) is 0 Å². The first-order valence-electron chi connectivity index (χ1n) is 12.0. The van der Waals surface area contributed by atoms with Gasteiger partial charge in [0.2, 0.25) is 0 Å². The van der Waals surface area contributed by atoms with Crippen LogP contribution < -0.4 is 10.4 Å². The predicted molar refractivity (Wildman–Crippen MR) is 136 cm³/mol. The van der Waals surface area contributed by atoms with Gasteiger partial charge in [0.15, 0.2) is 5.60 Å². The molecule has 0 aliphatic heterocycles. The molecule has 2 aromatic heterocycles. The highest BCUT2D eigenvalue weighted by atomic mass is 16.6. The molecule has 210 valence electrons. The van der Waals surface area contributed by atoms with E-state index in [0.29, 0.717) is 34.1 Å². The largest absolute Gasteiger partial charge is 0.488 e. The first-order valence-corrected chi connectivity index (χ1v) is 12.0. The number of aliphatic carboxylic acids is 2. The summed E-state index contributed by atoms with van der Waals surface area (Å²) in [6.07, 6.45) is 0.402. The maximum absolute atomic E-state index is 12.4. The maximum Gasteiger partial charge on any atom is 0.336 e. The van der Waals surface area contributed by atoms with Gasteiger partial charge >= 0.3 is 23.5 Å². The fourth-order valence-corrected chi connectivity index (χ4v) is 3.95. The Kier molecular flexibility index (Phi) is 8.82. The van der Waals surface area contributed by atoms with Crippen LogP contribution in [0.2, 0.25) is 0 Å². The van der Waals surface area contributed by atoms with E-state index in [0.717, 1.165) is 5.57 Å². The Labute approximate surface area is 222 Å². The number of fused-ring (bicyclic) bond motifs is 2. The zero-order valence-electron chi connectivity index (χ0n) is 21.6. The van der Waals surface area contributed by atoms with Crippen LogP contribution in [-0.4, -0.2) is 62.2 Å². The molecule has 0 fully saturated rings. The van der Waals surface area contributed by atoms with Crippen LogP contribution in [-0.2, 0) is 19.1 Å². The van der Waals surface area contributed by atoms with Gasteiger partial charge in [-0.25, -0.2) is 9.59 Å². The highest BCUT2D eigenvalue weighted by Crippen LogP contribution is 2.35. The molecule has 0 bridgehead atoms. The van der Waals surface area contributed by atoms with Crippen LogP contribution in [0.3, 0.4) is 0 Å². The van der Waals surface area contributed by atoms with Crippen LogP contribution in [0.4, 0.5) is 0 Å². The number of furan rings is 1. The number of benzene rings is 1. The number of allylic oxidation sites excluding steroid dienone is 1. The number of ether oxygens (including phenoxy) is 2. The van der Waals surface area contributed by atoms with Crippen LogP contribution >= 0.6 is 0 Å². The molecule has 3 aromatic rings. The van der Waals surface area contributed by atoms with Crippen molar-refractivity contribution in [3.8, 4) is 5.75 Å². The van der Waals surface area contributed by atoms with Gasteiger partial charge in [0.05, 0.1) is 35.5 Å². The lowest BCUT2D eigenvalue weighted by Gasteiger charge is -2.30. The van der Waals surface area contributed by atoms with Gasteiger partial charge in [-0.3, -0.25) is 9.59 Å². The molecule has 3 rings (SSSR count). The molecule has 0 spiro atoms. The third-order valence-electron chi connectivity index (χ3n) is 6.11. The van der Waals surface area contributed by atoms with Gasteiger partial charge < -0.3 is 38.7 Å². The third-order valence-corrected chi connectivity index (χ3v) is 6.11. The summed E-state index contributed by atoms with van der Waals surface area (Å²) in [5.41, 5.74) is -3.24. The number of esters is 1. The predicted octanol–water partition coefficient (Wildman–Crippen LogP) is 3.01. The molecule has 2 heterocycles. The van der Waals surface area contributed by atoms with Crippen molar-refractivity contribution >= 4 is 39.8 Å². The molecule has 0 amide bonds. The molecule has 0 aliphatic rings. The topological polar surface area (TPSA) is 194 Å². The fourth-order valence-electron chi connectivity index (χ4n) is 3.95. The van der Waals surface area contributed by atoms with Crippen molar-refractivity contribution in [1.82, 2.24) is 0 Å². The Morgan fingerprint density at radius 1 is 1.05 bits per heavy atom. The Morgan fingerprint density at radius 2 is 1.74 bits per heavy atom. The molecule has 1 aromatic carbocycles. The summed E-state index contributed by atoms with van der Waals surface area (Å²) >= 11 is 0. The highest BCUT2D eigenvalue weighted by Gasteiger charge is 2.42. The van der Waals surface area contributed by atoms with Gasteiger partial charge in [0, 0.05) is 12.1 Å². The normalized spacial score (nSPS) is 14.6. The third kappa shape index (κ3) is 7.45. The molecule has 4 N–H and O–H groups in total. The number of rotatable bonds is 13. The smallest absolute Gasteiger partial charge is 0.336 e. The van der Waals surface area contributed by atoms with Crippen molar-refractivity contribution < 1.29 is 53.1 Å². The summed E-state index contributed by atoms with van der Waals surface area (Å²) in [5.74, 6) is -4.16. The Bertz CT molecular complexity index is 1450. The first kappa shape index (κ1) is 29.4. The molecule has 0 radical (unpaired) electrons. The number of carboxylic acid groups (broad SMARTS) is 2. The number of hydrogen-bond acceptors (Lipinski definition) is 10. The van der Waals surface area contributed by atoms with E-state index in [9.17, 15) is 29.4 Å². The summed E-state index contributed by atoms with van der Waals surface area (Å²) in [7, 11) is 0. The van der Waals surface area contributed by atoms with E-state index >= 15 is 0 Å². The molecule has 0 aliphatic carbocycles. The van der Waals surface area contributed by atoms with E-state index in [1.165, 1.54) is 26.2 Å². The standard InChI is InChI=1S/C27H30O12/c1-15(4-6-20(26(2,3)34)39-23(31)14-27(35,25(32)33)13-21(28)29)8-10-37-24-16-5-7-22(30)38-19(16)12-18-17(24)9-11-36-18/h5,7-9,11-12,20,34-35H,4,6,10,13-14H2,1-3H3,(H,28,29)(H,32,33)/b15-8-/t20-,27-/m1/s1. The van der Waals surface area contributed by atoms with Crippen molar-refractivity contribution in [3.63, 3.8) is 0 Å². The van der Waals surface area contributed by atoms with Crippen molar-refractivity contribution in [2.75, 3.05) is 6.61 Å². The number of aliphatic hydroxyl groups is 2. The lowest BCUT2D eigenvalue weighted by atomic mass is 9.94. The van der Waals surface area contributed by atoms with Crippen molar-refractivity contribution in [3.05, 3.63) is 52.6 Å². The SMILES string of the molecule is C/C(=C/COc1c2ccoc2cc2oc(=O)ccc12)CC[C@@H](OC(=O)C[C@](O)(CC(=O)O)C(=O)O)C(C)(C)O. The molecular weight excluding hydrogens is 516 g/mol. The fraction of sp³-hybridized carbons (Fsp3) is 0.407. The van der Waals surface area contributed by atoms with E-state index in [1.54, 1.807) is 31.2 Å². The van der Waals surface area contributed by atoms with Crippen LogP contribution in [0, 0.1) is 0 Å². The minimum Gasteiger partial charge on any atom is -0.488 e. The summed E-state index contributed by atoms with van der Waals surface area (Å²) < 4.78 is 21.9. The molecule has 39 heavy (non-hydrogen) atoms. The second-order valence-corrected chi connectivity index (χ2v) is 9.82. The molecule has 0 saturated heterocycles. The Balaban J connectivity index is 1.66. The molecule has 12 nitrogen and oxygen atoms in total. The quantitative estimate of drug-likeness (QED) is 0.139. The summed E-state index contributed by atoms with van der Waals surface area (Å²) in [6.45, 7) is 4.75. The van der Waals surface area contributed by atoms with E-state index in [-0.39, 0.29) is 13.0 Å². The Hall–Kier alpha value is -4.16. The number of carbonyl (C=O) groups is 3. The van der Waals surface area contributed by atoms with Gasteiger partial charge in [-0.15, -0.1) is 0 Å². The van der Waals surface area contributed by atoms with E-state index in [4.69, 9.17) is 28.5 Å². The second-order valence-electron chi connectivity index (χ2n) is 9.82. The molecule has 0 saturated carbocycles. The summed E-state index contributed by atoms with van der Waals surface area (Å²) in [4.78, 5) is 46.2. The van der Waals surface area contributed by atoms with Gasteiger partial charge in [-0.05, 0) is 51.8 Å². The second kappa shape index (κ2) is 11.7.